The highest BCUT2D eigenvalue weighted by Crippen LogP contribution is 2.26. The number of piperidine rings is 1. The van der Waals surface area contributed by atoms with Gasteiger partial charge in [0.1, 0.15) is 0 Å². The summed E-state index contributed by atoms with van der Waals surface area (Å²) in [5.74, 6) is 0.681. The number of rotatable bonds is 5. The number of nitrogens with one attached hydrogen (secondary N) is 1. The minimum Gasteiger partial charge on any atom is -0.384 e. The van der Waals surface area contributed by atoms with Gasteiger partial charge in [-0.2, -0.15) is 0 Å². The Morgan fingerprint density at radius 1 is 1.40 bits per heavy atom. The number of β-amino-alcohol motifs (C(OH)–C–C–N with tert-alkyl or cyclic N) is 1. The van der Waals surface area contributed by atoms with E-state index in [-0.39, 0.29) is 0 Å². The van der Waals surface area contributed by atoms with Crippen molar-refractivity contribution < 1.29 is 5.11 Å². The van der Waals surface area contributed by atoms with Gasteiger partial charge in [0.2, 0.25) is 0 Å². The topological polar surface area (TPSA) is 35.5 Å². The summed E-state index contributed by atoms with van der Waals surface area (Å²) in [6.45, 7) is 7.06. The molecule has 1 aliphatic rings. The second-order valence-electron chi connectivity index (χ2n) is 6.35. The Balaban J connectivity index is 1.98. The molecule has 0 bridgehead atoms. The van der Waals surface area contributed by atoms with Crippen LogP contribution >= 0.6 is 0 Å². The molecule has 3 nitrogen and oxygen atoms in total. The van der Waals surface area contributed by atoms with Crippen molar-refractivity contribution in [2.75, 3.05) is 26.7 Å². The second-order valence-corrected chi connectivity index (χ2v) is 6.35. The van der Waals surface area contributed by atoms with Gasteiger partial charge in [0.15, 0.2) is 0 Å². The number of hydrogen-bond donors (Lipinski definition) is 2. The molecule has 0 radical (unpaired) electrons. The maximum absolute atomic E-state index is 10.8. The molecule has 3 atom stereocenters. The Bertz CT molecular complexity index is 405. The number of aliphatic hydroxyl groups is 1. The molecule has 0 amide bonds. The maximum Gasteiger partial charge on any atom is 0.0994 e. The van der Waals surface area contributed by atoms with Gasteiger partial charge in [0.05, 0.1) is 5.60 Å². The fourth-order valence-electron chi connectivity index (χ4n) is 3.20. The molecule has 0 aromatic heterocycles. The van der Waals surface area contributed by atoms with E-state index in [9.17, 15) is 5.11 Å². The summed E-state index contributed by atoms with van der Waals surface area (Å²) in [5.41, 5.74) is 0.232. The third-order valence-electron chi connectivity index (χ3n) is 4.63. The molecule has 2 rings (SSSR count). The first-order valence-corrected chi connectivity index (χ1v) is 7.70. The monoisotopic (exact) mass is 276 g/mol. The molecule has 1 saturated heterocycles. The average Bonchev–Trinajstić information content (AvgIpc) is 2.47. The lowest BCUT2D eigenvalue weighted by atomic mass is 9.89. The highest BCUT2D eigenvalue weighted by atomic mass is 16.3. The van der Waals surface area contributed by atoms with Gasteiger partial charge < -0.3 is 10.4 Å². The molecule has 1 aromatic carbocycles. The lowest BCUT2D eigenvalue weighted by Crippen LogP contribution is -2.47. The molecule has 1 aromatic rings. The molecule has 20 heavy (non-hydrogen) atoms. The molecule has 1 fully saturated rings. The molecular weight excluding hydrogens is 248 g/mol. The number of hydrogen-bond acceptors (Lipinski definition) is 3. The standard InChI is InChI=1S/C17H28N2O/c1-14(18-3)15-8-7-11-19(12-15)13-17(2,20)16-9-5-4-6-10-16/h4-6,9-10,14-15,18,20H,7-8,11-13H2,1-3H3. The molecule has 3 heteroatoms. The third kappa shape index (κ3) is 3.81. The Labute approximate surface area is 123 Å². The van der Waals surface area contributed by atoms with Crippen molar-refractivity contribution >= 4 is 0 Å². The fraction of sp³-hybridized carbons (Fsp3) is 0.647. The molecule has 0 saturated carbocycles. The largest absolute Gasteiger partial charge is 0.384 e. The molecule has 3 unspecified atom stereocenters. The van der Waals surface area contributed by atoms with Crippen LogP contribution < -0.4 is 5.32 Å². The summed E-state index contributed by atoms with van der Waals surface area (Å²) >= 11 is 0. The lowest BCUT2D eigenvalue weighted by Gasteiger charge is -2.39. The molecule has 0 spiro atoms. The summed E-state index contributed by atoms with van der Waals surface area (Å²) in [4.78, 5) is 2.41. The number of likely N-dealkylation sites (tertiary alicyclic amines) is 1. The SMILES string of the molecule is CNC(C)C1CCCN(CC(C)(O)c2ccccc2)C1. The van der Waals surface area contributed by atoms with Gasteiger partial charge in [-0.15, -0.1) is 0 Å². The molecule has 1 aliphatic heterocycles. The van der Waals surface area contributed by atoms with E-state index in [2.05, 4.69) is 17.1 Å². The van der Waals surface area contributed by atoms with Crippen LogP contribution in [0.4, 0.5) is 0 Å². The highest BCUT2D eigenvalue weighted by molar-refractivity contribution is 5.21. The Morgan fingerprint density at radius 2 is 2.10 bits per heavy atom. The predicted molar refractivity (Wildman–Crippen MR) is 83.7 cm³/mol. The number of benzene rings is 1. The summed E-state index contributed by atoms with van der Waals surface area (Å²) < 4.78 is 0. The first-order chi connectivity index (χ1) is 9.53. The minimum absolute atomic E-state index is 0.541. The van der Waals surface area contributed by atoms with Crippen molar-refractivity contribution in [2.24, 2.45) is 5.92 Å². The van der Waals surface area contributed by atoms with Crippen LogP contribution in [0.15, 0.2) is 30.3 Å². The zero-order valence-corrected chi connectivity index (χ0v) is 13.0. The summed E-state index contributed by atoms with van der Waals surface area (Å²) in [7, 11) is 2.03. The summed E-state index contributed by atoms with van der Waals surface area (Å²) in [5, 5.41) is 14.1. The van der Waals surface area contributed by atoms with Gasteiger partial charge in [-0.3, -0.25) is 4.90 Å². The smallest absolute Gasteiger partial charge is 0.0994 e. The van der Waals surface area contributed by atoms with Crippen LogP contribution in [-0.4, -0.2) is 42.7 Å². The Morgan fingerprint density at radius 3 is 2.75 bits per heavy atom. The molecular formula is C17H28N2O. The second kappa shape index (κ2) is 6.70. The van der Waals surface area contributed by atoms with Crippen LogP contribution in [0.1, 0.15) is 32.3 Å². The molecule has 0 aliphatic carbocycles. The summed E-state index contributed by atoms with van der Waals surface area (Å²) in [6.07, 6.45) is 2.51. The van der Waals surface area contributed by atoms with Crippen LogP contribution in [-0.2, 0) is 5.60 Å². The first-order valence-electron chi connectivity index (χ1n) is 7.70. The van der Waals surface area contributed by atoms with E-state index in [4.69, 9.17) is 0 Å². The van der Waals surface area contributed by atoms with E-state index in [1.54, 1.807) is 0 Å². The van der Waals surface area contributed by atoms with Crippen LogP contribution in [0.3, 0.4) is 0 Å². The van der Waals surface area contributed by atoms with E-state index in [0.717, 1.165) is 18.7 Å². The third-order valence-corrected chi connectivity index (χ3v) is 4.63. The van der Waals surface area contributed by atoms with Gasteiger partial charge >= 0.3 is 0 Å². The van der Waals surface area contributed by atoms with E-state index in [1.807, 2.05) is 44.3 Å². The molecule has 1 heterocycles. The maximum atomic E-state index is 10.8. The Kier molecular flexibility index (Phi) is 5.19. The van der Waals surface area contributed by atoms with Crippen molar-refractivity contribution in [1.82, 2.24) is 10.2 Å². The zero-order chi connectivity index (χ0) is 14.6. The minimum atomic E-state index is -0.772. The fourth-order valence-corrected chi connectivity index (χ4v) is 3.20. The lowest BCUT2D eigenvalue weighted by molar-refractivity contribution is 0.000864. The van der Waals surface area contributed by atoms with Crippen LogP contribution in [0.5, 0.6) is 0 Å². The predicted octanol–water partition coefficient (Wildman–Crippen LogP) is 2.21. The normalized spacial score (nSPS) is 25.1. The highest BCUT2D eigenvalue weighted by Gasteiger charge is 2.30. The first kappa shape index (κ1) is 15.5. The molecule has 112 valence electrons. The van der Waals surface area contributed by atoms with E-state index in [0.29, 0.717) is 18.5 Å². The Hall–Kier alpha value is -0.900. The zero-order valence-electron chi connectivity index (χ0n) is 13.0. The summed E-state index contributed by atoms with van der Waals surface area (Å²) in [6, 6.07) is 10.5. The van der Waals surface area contributed by atoms with Crippen molar-refractivity contribution in [3.63, 3.8) is 0 Å². The average molecular weight is 276 g/mol. The van der Waals surface area contributed by atoms with Crippen molar-refractivity contribution in [2.45, 2.75) is 38.3 Å². The van der Waals surface area contributed by atoms with Gasteiger partial charge in [0.25, 0.3) is 0 Å². The van der Waals surface area contributed by atoms with Crippen LogP contribution in [0.25, 0.3) is 0 Å². The van der Waals surface area contributed by atoms with Crippen LogP contribution in [0, 0.1) is 5.92 Å². The van der Waals surface area contributed by atoms with E-state index in [1.165, 1.54) is 12.8 Å². The number of nitrogens with zero attached hydrogens (tertiary/aromatic N) is 1. The van der Waals surface area contributed by atoms with Crippen molar-refractivity contribution in [3.8, 4) is 0 Å². The van der Waals surface area contributed by atoms with E-state index < -0.39 is 5.60 Å². The van der Waals surface area contributed by atoms with Gasteiger partial charge in [-0.25, -0.2) is 0 Å². The van der Waals surface area contributed by atoms with Gasteiger partial charge in [-0.05, 0) is 51.8 Å². The van der Waals surface area contributed by atoms with Crippen LogP contribution in [0.2, 0.25) is 0 Å². The quantitative estimate of drug-likeness (QED) is 0.865. The molecule has 2 N–H and O–H groups in total. The van der Waals surface area contributed by atoms with Crippen molar-refractivity contribution in [3.05, 3.63) is 35.9 Å². The van der Waals surface area contributed by atoms with Crippen molar-refractivity contribution in [1.29, 1.82) is 0 Å². The van der Waals surface area contributed by atoms with E-state index >= 15 is 0 Å². The van der Waals surface area contributed by atoms with Gasteiger partial charge in [0, 0.05) is 19.1 Å². The van der Waals surface area contributed by atoms with Gasteiger partial charge in [-0.1, -0.05) is 30.3 Å².